The average Bonchev–Trinajstić information content (AvgIpc) is 2.03. The minimum atomic E-state index is 0.584. The standard InChI is InChI=1S/C10H17NS/c1-5-6-7-12-10(8-11-4)9(2)3/h8-9,11H,7H2,1-4H3/b10-8-. The van der Waals surface area contributed by atoms with E-state index in [4.69, 9.17) is 0 Å². The van der Waals surface area contributed by atoms with Crippen LogP contribution in [0.4, 0.5) is 0 Å². The molecule has 1 N–H and O–H groups in total. The fraction of sp³-hybridized carbons (Fsp3) is 0.600. The molecule has 0 aliphatic heterocycles. The summed E-state index contributed by atoms with van der Waals surface area (Å²) in [4.78, 5) is 1.36. The smallest absolute Gasteiger partial charge is 0.0592 e. The summed E-state index contributed by atoms with van der Waals surface area (Å²) < 4.78 is 0. The third-order valence-electron chi connectivity index (χ3n) is 1.34. The molecule has 0 aromatic heterocycles. The largest absolute Gasteiger partial charge is 0.393 e. The highest BCUT2D eigenvalue weighted by Gasteiger charge is 2.01. The van der Waals surface area contributed by atoms with Crippen molar-refractivity contribution in [2.45, 2.75) is 20.8 Å². The SMILES string of the molecule is CC#CCS/C(=C\NC)C(C)C. The van der Waals surface area contributed by atoms with E-state index in [1.54, 1.807) is 11.8 Å². The van der Waals surface area contributed by atoms with Crippen LogP contribution in [0.2, 0.25) is 0 Å². The Balaban J connectivity index is 3.94. The first kappa shape index (κ1) is 11.4. The molecule has 0 radical (unpaired) electrons. The third kappa shape index (κ3) is 5.15. The van der Waals surface area contributed by atoms with Crippen LogP contribution in [-0.4, -0.2) is 12.8 Å². The molecular formula is C10H17NS. The molecule has 0 aromatic rings. The number of rotatable bonds is 4. The molecule has 68 valence electrons. The maximum atomic E-state index is 3.04. The molecule has 0 amide bonds. The molecule has 0 rings (SSSR count). The fourth-order valence-electron chi connectivity index (χ4n) is 0.709. The maximum Gasteiger partial charge on any atom is 0.0592 e. The summed E-state index contributed by atoms with van der Waals surface area (Å²) in [6.07, 6.45) is 2.05. The summed E-state index contributed by atoms with van der Waals surface area (Å²) in [5.41, 5.74) is 0. The van der Waals surface area contributed by atoms with Gasteiger partial charge in [-0.05, 0) is 12.8 Å². The van der Waals surface area contributed by atoms with E-state index < -0.39 is 0 Å². The molecule has 0 unspecified atom stereocenters. The van der Waals surface area contributed by atoms with Crippen LogP contribution in [0.25, 0.3) is 0 Å². The Kier molecular flexibility index (Phi) is 6.79. The van der Waals surface area contributed by atoms with Gasteiger partial charge >= 0.3 is 0 Å². The lowest BCUT2D eigenvalue weighted by molar-refractivity contribution is 0.806. The van der Waals surface area contributed by atoms with E-state index in [1.807, 2.05) is 20.2 Å². The Hall–Kier alpha value is -0.550. The van der Waals surface area contributed by atoms with Gasteiger partial charge in [-0.2, -0.15) is 0 Å². The lowest BCUT2D eigenvalue weighted by atomic mass is 10.2. The van der Waals surface area contributed by atoms with Gasteiger partial charge in [-0.25, -0.2) is 0 Å². The third-order valence-corrected chi connectivity index (χ3v) is 2.55. The second kappa shape index (κ2) is 7.12. The van der Waals surface area contributed by atoms with Crippen molar-refractivity contribution in [3.05, 3.63) is 11.1 Å². The summed E-state index contributed by atoms with van der Waals surface area (Å²) in [5, 5.41) is 3.04. The van der Waals surface area contributed by atoms with E-state index in [9.17, 15) is 0 Å². The van der Waals surface area contributed by atoms with Gasteiger partial charge < -0.3 is 5.32 Å². The van der Waals surface area contributed by atoms with Gasteiger partial charge in [0.05, 0.1) is 5.75 Å². The lowest BCUT2D eigenvalue weighted by Gasteiger charge is -2.08. The number of allylic oxidation sites excluding steroid dienone is 1. The topological polar surface area (TPSA) is 12.0 Å². The van der Waals surface area contributed by atoms with Crippen molar-refractivity contribution >= 4 is 11.8 Å². The second-order valence-corrected chi connectivity index (χ2v) is 3.75. The zero-order valence-corrected chi connectivity index (χ0v) is 9.09. The normalized spacial score (nSPS) is 10.9. The summed E-state index contributed by atoms with van der Waals surface area (Å²) in [7, 11) is 1.93. The highest BCUT2D eigenvalue weighted by atomic mass is 32.2. The van der Waals surface area contributed by atoms with E-state index >= 15 is 0 Å². The first-order chi connectivity index (χ1) is 5.72. The molecule has 0 saturated carbocycles. The molecule has 0 spiro atoms. The van der Waals surface area contributed by atoms with Crippen LogP contribution in [0.15, 0.2) is 11.1 Å². The first-order valence-electron chi connectivity index (χ1n) is 4.12. The monoisotopic (exact) mass is 183 g/mol. The molecule has 0 bridgehead atoms. The molecule has 0 aliphatic carbocycles. The highest BCUT2D eigenvalue weighted by molar-refractivity contribution is 8.03. The van der Waals surface area contributed by atoms with Gasteiger partial charge in [0.25, 0.3) is 0 Å². The van der Waals surface area contributed by atoms with Crippen LogP contribution in [0, 0.1) is 17.8 Å². The maximum absolute atomic E-state index is 3.04. The molecule has 0 fully saturated rings. The van der Waals surface area contributed by atoms with Crippen molar-refractivity contribution in [3.63, 3.8) is 0 Å². The first-order valence-corrected chi connectivity index (χ1v) is 5.10. The fourth-order valence-corrected chi connectivity index (χ4v) is 1.63. The van der Waals surface area contributed by atoms with E-state index in [0.717, 1.165) is 5.75 Å². The van der Waals surface area contributed by atoms with E-state index in [2.05, 4.69) is 31.0 Å². The number of nitrogens with one attached hydrogen (secondary N) is 1. The second-order valence-electron chi connectivity index (χ2n) is 2.71. The van der Waals surface area contributed by atoms with Gasteiger partial charge in [-0.3, -0.25) is 0 Å². The van der Waals surface area contributed by atoms with Crippen molar-refractivity contribution in [2.75, 3.05) is 12.8 Å². The number of hydrogen-bond donors (Lipinski definition) is 1. The molecule has 1 nitrogen and oxygen atoms in total. The average molecular weight is 183 g/mol. The summed E-state index contributed by atoms with van der Waals surface area (Å²) in [5.74, 6) is 7.40. The summed E-state index contributed by atoms with van der Waals surface area (Å²) in [6.45, 7) is 6.25. The molecule has 0 saturated heterocycles. The van der Waals surface area contributed by atoms with Gasteiger partial charge in [0.2, 0.25) is 0 Å². The predicted molar refractivity (Wildman–Crippen MR) is 57.9 cm³/mol. The molecular weight excluding hydrogens is 166 g/mol. The zero-order valence-electron chi connectivity index (χ0n) is 8.27. The van der Waals surface area contributed by atoms with Crippen LogP contribution in [0.3, 0.4) is 0 Å². The summed E-state index contributed by atoms with van der Waals surface area (Å²) >= 11 is 1.80. The van der Waals surface area contributed by atoms with Crippen LogP contribution >= 0.6 is 11.8 Å². The Bertz CT molecular complexity index is 196. The Morgan fingerprint density at radius 1 is 1.58 bits per heavy atom. The lowest BCUT2D eigenvalue weighted by Crippen LogP contribution is -1.99. The molecule has 0 aliphatic rings. The summed E-state index contributed by atoms with van der Waals surface area (Å²) in [6, 6.07) is 0. The number of hydrogen-bond acceptors (Lipinski definition) is 2. The van der Waals surface area contributed by atoms with Gasteiger partial charge in [0.15, 0.2) is 0 Å². The van der Waals surface area contributed by atoms with Crippen LogP contribution in [0.5, 0.6) is 0 Å². The van der Waals surface area contributed by atoms with Crippen LogP contribution in [0.1, 0.15) is 20.8 Å². The zero-order chi connectivity index (χ0) is 9.40. The molecule has 12 heavy (non-hydrogen) atoms. The Morgan fingerprint density at radius 2 is 2.25 bits per heavy atom. The van der Waals surface area contributed by atoms with Gasteiger partial charge in [0, 0.05) is 18.2 Å². The molecule has 0 heterocycles. The van der Waals surface area contributed by atoms with Crippen LogP contribution in [-0.2, 0) is 0 Å². The van der Waals surface area contributed by atoms with Gasteiger partial charge in [0.1, 0.15) is 0 Å². The van der Waals surface area contributed by atoms with E-state index in [-0.39, 0.29) is 0 Å². The highest BCUT2D eigenvalue weighted by Crippen LogP contribution is 2.22. The van der Waals surface area contributed by atoms with Crippen molar-refractivity contribution in [2.24, 2.45) is 5.92 Å². The van der Waals surface area contributed by atoms with Gasteiger partial charge in [-0.1, -0.05) is 19.8 Å². The van der Waals surface area contributed by atoms with E-state index in [0.29, 0.717) is 5.92 Å². The quantitative estimate of drug-likeness (QED) is 0.672. The van der Waals surface area contributed by atoms with Gasteiger partial charge in [-0.15, -0.1) is 17.7 Å². The minimum Gasteiger partial charge on any atom is -0.393 e. The predicted octanol–water partition coefficient (Wildman–Crippen LogP) is 2.46. The molecule has 2 heteroatoms. The van der Waals surface area contributed by atoms with Crippen molar-refractivity contribution in [1.29, 1.82) is 0 Å². The van der Waals surface area contributed by atoms with Crippen LogP contribution < -0.4 is 5.32 Å². The van der Waals surface area contributed by atoms with Crippen molar-refractivity contribution < 1.29 is 0 Å². The number of thioether (sulfide) groups is 1. The van der Waals surface area contributed by atoms with E-state index in [1.165, 1.54) is 4.91 Å². The van der Waals surface area contributed by atoms with Crippen molar-refractivity contribution in [3.8, 4) is 11.8 Å². The van der Waals surface area contributed by atoms with Crippen molar-refractivity contribution in [1.82, 2.24) is 5.32 Å². The molecule has 0 aromatic carbocycles. The molecule has 0 atom stereocenters. The minimum absolute atomic E-state index is 0.584. The Morgan fingerprint density at radius 3 is 2.67 bits per heavy atom. The Labute approximate surface area is 80.0 Å².